The van der Waals surface area contributed by atoms with Gasteiger partial charge in [-0.1, -0.05) is 6.92 Å². The summed E-state index contributed by atoms with van der Waals surface area (Å²) in [5, 5.41) is 0. The number of carbonyl (C=O) groups excluding carboxylic acids is 2. The van der Waals surface area contributed by atoms with Crippen molar-refractivity contribution in [3.63, 3.8) is 0 Å². The normalized spacial score (nSPS) is 34.9. The maximum atomic E-state index is 13.5. The molecule has 4 aliphatic rings. The molecule has 1 unspecified atom stereocenters. The van der Waals surface area contributed by atoms with Crippen molar-refractivity contribution >= 4 is 11.9 Å². The zero-order valence-corrected chi connectivity index (χ0v) is 15.6. The first-order valence-electron chi connectivity index (χ1n) is 9.94. The van der Waals surface area contributed by atoms with Gasteiger partial charge in [0.05, 0.1) is 18.4 Å². The van der Waals surface area contributed by atoms with E-state index in [-0.39, 0.29) is 17.4 Å². The van der Waals surface area contributed by atoms with E-state index in [0.29, 0.717) is 25.5 Å². The molecule has 0 N–H and O–H groups in total. The fraction of sp³-hybridized carbons (Fsp3) is 0.900. The lowest BCUT2D eigenvalue weighted by atomic mass is 9.49. The topological polar surface area (TPSA) is 46.6 Å². The molecule has 4 nitrogen and oxygen atoms in total. The molecule has 136 valence electrons. The Labute approximate surface area is 146 Å². The summed E-state index contributed by atoms with van der Waals surface area (Å²) < 4.78 is 5.06. The van der Waals surface area contributed by atoms with Crippen LogP contribution >= 0.6 is 0 Å². The number of rotatable bonds is 7. The zero-order chi connectivity index (χ0) is 17.3. The average Bonchev–Trinajstić information content (AvgIpc) is 2.53. The summed E-state index contributed by atoms with van der Waals surface area (Å²) in [6, 6.07) is 0.194. The van der Waals surface area contributed by atoms with E-state index in [1.807, 2.05) is 11.8 Å². The molecule has 0 aromatic heterocycles. The predicted octanol–water partition coefficient (Wildman–Crippen LogP) is 3.78. The SMILES string of the molecule is CCOC(=O)CCN(C(=O)C12CC3CC(CC(C3)C1)C2)C(C)CC. The van der Waals surface area contributed by atoms with Crippen molar-refractivity contribution in [3.8, 4) is 0 Å². The number of esters is 1. The van der Waals surface area contributed by atoms with Gasteiger partial charge >= 0.3 is 5.97 Å². The molecule has 4 rings (SSSR count). The van der Waals surface area contributed by atoms with Gasteiger partial charge in [0.1, 0.15) is 0 Å². The Kier molecular flexibility index (Phi) is 5.22. The van der Waals surface area contributed by atoms with E-state index in [4.69, 9.17) is 4.74 Å². The molecular weight excluding hydrogens is 302 g/mol. The van der Waals surface area contributed by atoms with Crippen molar-refractivity contribution in [1.82, 2.24) is 4.90 Å². The highest BCUT2D eigenvalue weighted by Crippen LogP contribution is 2.60. The monoisotopic (exact) mass is 335 g/mol. The van der Waals surface area contributed by atoms with Crippen molar-refractivity contribution in [3.05, 3.63) is 0 Å². The number of hydrogen-bond acceptors (Lipinski definition) is 3. The van der Waals surface area contributed by atoms with E-state index in [0.717, 1.165) is 43.4 Å². The third kappa shape index (κ3) is 3.34. The van der Waals surface area contributed by atoms with Gasteiger partial charge in [-0.25, -0.2) is 0 Å². The van der Waals surface area contributed by atoms with Crippen LogP contribution in [0.4, 0.5) is 0 Å². The minimum Gasteiger partial charge on any atom is -0.466 e. The minimum atomic E-state index is -0.191. The van der Waals surface area contributed by atoms with Crippen molar-refractivity contribution in [1.29, 1.82) is 0 Å². The molecule has 1 atom stereocenters. The standard InChI is InChI=1S/C20H33NO3/c1-4-14(3)21(7-6-18(22)24-5-2)19(23)20-11-15-8-16(12-20)10-17(9-15)13-20/h14-17H,4-13H2,1-3H3. The largest absolute Gasteiger partial charge is 0.466 e. The number of amides is 1. The van der Waals surface area contributed by atoms with E-state index in [9.17, 15) is 9.59 Å². The maximum absolute atomic E-state index is 13.5. The molecule has 4 fully saturated rings. The molecule has 0 heterocycles. The van der Waals surface area contributed by atoms with Crippen molar-refractivity contribution in [2.24, 2.45) is 23.2 Å². The number of hydrogen-bond donors (Lipinski definition) is 0. The van der Waals surface area contributed by atoms with Crippen molar-refractivity contribution in [2.45, 2.75) is 78.2 Å². The lowest BCUT2D eigenvalue weighted by Gasteiger charge is -2.57. The summed E-state index contributed by atoms with van der Waals surface area (Å²) in [4.78, 5) is 27.3. The van der Waals surface area contributed by atoms with Crippen LogP contribution in [-0.2, 0) is 14.3 Å². The number of carbonyl (C=O) groups is 2. The van der Waals surface area contributed by atoms with Gasteiger partial charge in [0.25, 0.3) is 0 Å². The molecule has 0 aliphatic heterocycles. The molecular formula is C20H33NO3. The Bertz CT molecular complexity index is 452. The predicted molar refractivity (Wildman–Crippen MR) is 93.3 cm³/mol. The van der Waals surface area contributed by atoms with Gasteiger partial charge in [0.15, 0.2) is 0 Å². The summed E-state index contributed by atoms with van der Waals surface area (Å²) in [6.45, 7) is 6.98. The molecule has 0 radical (unpaired) electrons. The summed E-state index contributed by atoms with van der Waals surface area (Å²) >= 11 is 0. The first-order valence-corrected chi connectivity index (χ1v) is 9.94. The van der Waals surface area contributed by atoms with Crippen LogP contribution in [0.3, 0.4) is 0 Å². The number of nitrogens with zero attached hydrogens (tertiary/aromatic N) is 1. The Morgan fingerprint density at radius 2 is 1.62 bits per heavy atom. The molecule has 4 aliphatic carbocycles. The Balaban J connectivity index is 1.72. The van der Waals surface area contributed by atoms with Crippen LogP contribution in [0.25, 0.3) is 0 Å². The average molecular weight is 335 g/mol. The summed E-state index contributed by atoms with van der Waals surface area (Å²) in [6.07, 6.45) is 8.55. The summed E-state index contributed by atoms with van der Waals surface area (Å²) in [5.74, 6) is 2.45. The van der Waals surface area contributed by atoms with Crippen molar-refractivity contribution in [2.75, 3.05) is 13.2 Å². The zero-order valence-electron chi connectivity index (χ0n) is 15.6. The van der Waals surface area contributed by atoms with E-state index in [1.54, 1.807) is 0 Å². The molecule has 0 spiro atoms. The van der Waals surface area contributed by atoms with Gasteiger partial charge in [-0.2, -0.15) is 0 Å². The highest BCUT2D eigenvalue weighted by molar-refractivity contribution is 5.84. The molecule has 0 aromatic rings. The molecule has 0 saturated heterocycles. The van der Waals surface area contributed by atoms with E-state index in [2.05, 4.69) is 13.8 Å². The molecule has 4 heteroatoms. The molecule has 24 heavy (non-hydrogen) atoms. The van der Waals surface area contributed by atoms with Crippen LogP contribution in [0.5, 0.6) is 0 Å². The van der Waals surface area contributed by atoms with Gasteiger partial charge in [0, 0.05) is 12.6 Å². The molecule has 0 aromatic carbocycles. The Morgan fingerprint density at radius 3 is 2.08 bits per heavy atom. The van der Waals surface area contributed by atoms with Gasteiger partial charge in [-0.3, -0.25) is 9.59 Å². The highest BCUT2D eigenvalue weighted by Gasteiger charge is 2.55. The van der Waals surface area contributed by atoms with Crippen LogP contribution in [0.1, 0.15) is 72.1 Å². The molecule has 4 saturated carbocycles. The minimum absolute atomic E-state index is 0.118. The molecule has 1 amide bonds. The third-order valence-corrected chi connectivity index (χ3v) is 6.74. The summed E-state index contributed by atoms with van der Waals surface area (Å²) in [7, 11) is 0. The van der Waals surface area contributed by atoms with Crippen LogP contribution < -0.4 is 0 Å². The van der Waals surface area contributed by atoms with Crippen LogP contribution in [0, 0.1) is 23.2 Å². The Hall–Kier alpha value is -1.06. The fourth-order valence-electron chi connectivity index (χ4n) is 5.86. The Morgan fingerprint density at radius 1 is 1.08 bits per heavy atom. The molecule has 4 bridgehead atoms. The highest BCUT2D eigenvalue weighted by atomic mass is 16.5. The van der Waals surface area contributed by atoms with Gasteiger partial charge in [-0.15, -0.1) is 0 Å². The van der Waals surface area contributed by atoms with Crippen molar-refractivity contribution < 1.29 is 14.3 Å². The lowest BCUT2D eigenvalue weighted by Crippen LogP contribution is -2.56. The van der Waals surface area contributed by atoms with Gasteiger partial charge in [0.2, 0.25) is 5.91 Å². The van der Waals surface area contributed by atoms with Crippen LogP contribution in [0.2, 0.25) is 0 Å². The third-order valence-electron chi connectivity index (χ3n) is 6.74. The van der Waals surface area contributed by atoms with E-state index >= 15 is 0 Å². The quantitative estimate of drug-likeness (QED) is 0.665. The van der Waals surface area contributed by atoms with E-state index in [1.165, 1.54) is 19.3 Å². The van der Waals surface area contributed by atoms with Gasteiger partial charge < -0.3 is 9.64 Å². The number of ether oxygens (including phenoxy) is 1. The lowest BCUT2D eigenvalue weighted by molar-refractivity contribution is -0.160. The maximum Gasteiger partial charge on any atom is 0.307 e. The first-order chi connectivity index (χ1) is 11.5. The second kappa shape index (κ2) is 7.05. The first kappa shape index (κ1) is 17.8. The second-order valence-corrected chi connectivity index (χ2v) is 8.51. The fourth-order valence-corrected chi connectivity index (χ4v) is 5.86. The summed E-state index contributed by atoms with van der Waals surface area (Å²) in [5.41, 5.74) is -0.118. The van der Waals surface area contributed by atoms with Crippen LogP contribution in [0.15, 0.2) is 0 Å². The van der Waals surface area contributed by atoms with Crippen LogP contribution in [-0.4, -0.2) is 36.0 Å². The second-order valence-electron chi connectivity index (χ2n) is 8.51. The smallest absolute Gasteiger partial charge is 0.307 e. The van der Waals surface area contributed by atoms with Gasteiger partial charge in [-0.05, 0) is 76.5 Å². The van der Waals surface area contributed by atoms with E-state index < -0.39 is 0 Å².